The van der Waals surface area contributed by atoms with Gasteiger partial charge in [-0.15, -0.1) is 11.3 Å². The van der Waals surface area contributed by atoms with Gasteiger partial charge in [0.05, 0.1) is 10.5 Å². The van der Waals surface area contributed by atoms with Crippen molar-refractivity contribution in [3.8, 4) is 11.5 Å². The van der Waals surface area contributed by atoms with Crippen LogP contribution in [0.3, 0.4) is 0 Å². The quantitative estimate of drug-likeness (QED) is 0.779. The molecule has 7 nitrogen and oxygen atoms in total. The van der Waals surface area contributed by atoms with Crippen LogP contribution in [0.25, 0.3) is 0 Å². The fourth-order valence-corrected chi connectivity index (χ4v) is 6.35. The Balaban J connectivity index is 1.49. The maximum atomic E-state index is 12.9. The molecule has 0 saturated carbocycles. The van der Waals surface area contributed by atoms with E-state index in [4.69, 9.17) is 9.47 Å². The van der Waals surface area contributed by atoms with Crippen molar-refractivity contribution in [2.45, 2.75) is 18.7 Å². The predicted octanol–water partition coefficient (Wildman–Crippen LogP) is 2.24. The highest BCUT2D eigenvalue weighted by molar-refractivity contribution is 7.89. The molecule has 1 aromatic heterocycles. The minimum atomic E-state index is -3.53. The Morgan fingerprint density at radius 2 is 1.85 bits per heavy atom. The summed E-state index contributed by atoms with van der Waals surface area (Å²) in [6.45, 7) is 5.05. The predicted molar refractivity (Wildman–Crippen MR) is 101 cm³/mol. The van der Waals surface area contributed by atoms with E-state index in [2.05, 4.69) is 0 Å². The molecule has 0 radical (unpaired) electrons. The highest BCUT2D eigenvalue weighted by Gasteiger charge is 2.33. The van der Waals surface area contributed by atoms with E-state index in [9.17, 15) is 13.2 Å². The summed E-state index contributed by atoms with van der Waals surface area (Å²) in [6, 6.07) is 6.94. The Morgan fingerprint density at radius 3 is 2.52 bits per heavy atom. The van der Waals surface area contributed by atoms with Crippen LogP contribution in [0, 0.1) is 13.8 Å². The van der Waals surface area contributed by atoms with Crippen LogP contribution in [0.15, 0.2) is 29.2 Å². The normalized spacial score (nSPS) is 17.3. The zero-order valence-electron chi connectivity index (χ0n) is 15.1. The summed E-state index contributed by atoms with van der Waals surface area (Å²) in [4.78, 5) is 16.7. The number of para-hydroxylation sites is 1. The summed E-state index contributed by atoms with van der Waals surface area (Å²) in [5.41, 5.74) is 0.450. The molecule has 27 heavy (non-hydrogen) atoms. The SMILES string of the molecule is Cc1cc(S(=O)(=O)N2CCN(C(=O)c3cccc4c3OCO4)CC2)c(C)s1. The van der Waals surface area contributed by atoms with Crippen LogP contribution in [0.5, 0.6) is 11.5 Å². The van der Waals surface area contributed by atoms with E-state index in [1.54, 1.807) is 29.2 Å². The van der Waals surface area contributed by atoms with Gasteiger partial charge in [0.1, 0.15) is 0 Å². The Hall–Kier alpha value is -2.10. The second-order valence-corrected chi connectivity index (χ2v) is 9.88. The van der Waals surface area contributed by atoms with Crippen LogP contribution in [0.4, 0.5) is 0 Å². The molecule has 1 saturated heterocycles. The van der Waals surface area contributed by atoms with Crippen molar-refractivity contribution in [2.24, 2.45) is 0 Å². The van der Waals surface area contributed by atoms with Gasteiger partial charge in [-0.2, -0.15) is 4.31 Å². The van der Waals surface area contributed by atoms with Crippen molar-refractivity contribution >= 4 is 27.3 Å². The molecule has 9 heteroatoms. The lowest BCUT2D eigenvalue weighted by Gasteiger charge is -2.34. The summed E-state index contributed by atoms with van der Waals surface area (Å²) >= 11 is 1.48. The largest absolute Gasteiger partial charge is 0.454 e. The zero-order valence-corrected chi connectivity index (χ0v) is 16.7. The monoisotopic (exact) mass is 408 g/mol. The number of benzene rings is 1. The number of amides is 1. The Bertz CT molecular complexity index is 991. The summed E-state index contributed by atoms with van der Waals surface area (Å²) in [5.74, 6) is 0.851. The second-order valence-electron chi connectivity index (χ2n) is 6.51. The van der Waals surface area contributed by atoms with Gasteiger partial charge in [0.25, 0.3) is 5.91 Å². The van der Waals surface area contributed by atoms with Crippen molar-refractivity contribution in [3.05, 3.63) is 39.6 Å². The number of nitrogens with zero attached hydrogens (tertiary/aromatic N) is 2. The fraction of sp³-hybridized carbons (Fsp3) is 0.389. The first-order valence-electron chi connectivity index (χ1n) is 8.63. The van der Waals surface area contributed by atoms with Gasteiger partial charge >= 0.3 is 0 Å². The van der Waals surface area contributed by atoms with E-state index in [-0.39, 0.29) is 25.8 Å². The van der Waals surface area contributed by atoms with E-state index in [1.807, 2.05) is 13.8 Å². The van der Waals surface area contributed by atoms with Crippen molar-refractivity contribution in [3.63, 3.8) is 0 Å². The molecule has 2 aliphatic rings. The lowest BCUT2D eigenvalue weighted by molar-refractivity contribution is 0.0693. The highest BCUT2D eigenvalue weighted by atomic mass is 32.2. The van der Waals surface area contributed by atoms with Gasteiger partial charge < -0.3 is 14.4 Å². The number of carbonyl (C=O) groups is 1. The average Bonchev–Trinajstić information content (AvgIpc) is 3.27. The van der Waals surface area contributed by atoms with Crippen molar-refractivity contribution in [2.75, 3.05) is 33.0 Å². The van der Waals surface area contributed by atoms with Crippen LogP contribution in [0.2, 0.25) is 0 Å². The van der Waals surface area contributed by atoms with E-state index in [0.29, 0.717) is 35.0 Å². The van der Waals surface area contributed by atoms with Gasteiger partial charge in [0, 0.05) is 35.9 Å². The van der Waals surface area contributed by atoms with E-state index >= 15 is 0 Å². The van der Waals surface area contributed by atoms with Gasteiger partial charge in [0.15, 0.2) is 11.5 Å². The molecule has 1 aromatic carbocycles. The van der Waals surface area contributed by atoms with Gasteiger partial charge in [-0.05, 0) is 32.0 Å². The van der Waals surface area contributed by atoms with Crippen molar-refractivity contribution in [1.82, 2.24) is 9.21 Å². The van der Waals surface area contributed by atoms with Crippen LogP contribution >= 0.6 is 11.3 Å². The minimum Gasteiger partial charge on any atom is -0.454 e. The first kappa shape index (κ1) is 18.3. The Kier molecular flexibility index (Phi) is 4.61. The third-order valence-electron chi connectivity index (χ3n) is 4.77. The van der Waals surface area contributed by atoms with Crippen molar-refractivity contribution < 1.29 is 22.7 Å². The molecule has 0 N–H and O–H groups in total. The lowest BCUT2D eigenvalue weighted by atomic mass is 10.1. The number of hydrogen-bond donors (Lipinski definition) is 0. The standard InChI is InChI=1S/C18H20N2O5S2/c1-12-10-16(13(2)26-12)27(22,23)20-8-6-19(7-9-20)18(21)14-4-3-5-15-17(14)25-11-24-15/h3-5,10H,6-9,11H2,1-2H3. The van der Waals surface area contributed by atoms with Gasteiger partial charge in [0.2, 0.25) is 16.8 Å². The molecular formula is C18H20N2O5S2. The Morgan fingerprint density at radius 1 is 1.11 bits per heavy atom. The molecule has 0 atom stereocenters. The number of ether oxygens (including phenoxy) is 2. The maximum absolute atomic E-state index is 12.9. The van der Waals surface area contributed by atoms with Crippen molar-refractivity contribution in [1.29, 1.82) is 0 Å². The molecule has 1 fully saturated rings. The van der Waals surface area contributed by atoms with Crippen LogP contribution in [0.1, 0.15) is 20.1 Å². The van der Waals surface area contributed by atoms with Gasteiger partial charge in [-0.1, -0.05) is 6.07 Å². The molecule has 2 aliphatic heterocycles. The third kappa shape index (κ3) is 3.19. The summed E-state index contributed by atoms with van der Waals surface area (Å²) in [6.07, 6.45) is 0. The van der Waals surface area contributed by atoms with Gasteiger partial charge in [-0.25, -0.2) is 8.42 Å². The number of piperazine rings is 1. The molecule has 2 aromatic rings. The fourth-order valence-electron chi connectivity index (χ4n) is 3.40. The summed E-state index contributed by atoms with van der Waals surface area (Å²) in [7, 11) is -3.53. The smallest absolute Gasteiger partial charge is 0.257 e. The first-order chi connectivity index (χ1) is 12.9. The van der Waals surface area contributed by atoms with E-state index in [0.717, 1.165) is 9.75 Å². The number of rotatable bonds is 3. The topological polar surface area (TPSA) is 76.2 Å². The zero-order chi connectivity index (χ0) is 19.2. The lowest BCUT2D eigenvalue weighted by Crippen LogP contribution is -2.50. The summed E-state index contributed by atoms with van der Waals surface area (Å²) in [5, 5.41) is 0. The molecule has 3 heterocycles. The van der Waals surface area contributed by atoms with Gasteiger partial charge in [-0.3, -0.25) is 4.79 Å². The number of carbonyl (C=O) groups excluding carboxylic acids is 1. The van der Waals surface area contributed by atoms with Crippen LogP contribution < -0.4 is 9.47 Å². The van der Waals surface area contributed by atoms with Crippen LogP contribution in [-0.4, -0.2) is 56.5 Å². The molecule has 0 unspecified atom stereocenters. The summed E-state index contributed by atoms with van der Waals surface area (Å²) < 4.78 is 38.0. The Labute approximate surface area is 162 Å². The number of sulfonamides is 1. The number of thiophene rings is 1. The average molecular weight is 409 g/mol. The number of hydrogen-bond acceptors (Lipinski definition) is 6. The third-order valence-corrected chi connectivity index (χ3v) is 7.89. The van der Waals surface area contributed by atoms with E-state index < -0.39 is 10.0 Å². The molecule has 0 aliphatic carbocycles. The highest BCUT2D eigenvalue weighted by Crippen LogP contribution is 2.36. The molecule has 0 spiro atoms. The number of fused-ring (bicyclic) bond motifs is 1. The molecule has 144 valence electrons. The maximum Gasteiger partial charge on any atom is 0.257 e. The molecule has 0 bridgehead atoms. The first-order valence-corrected chi connectivity index (χ1v) is 10.9. The molecule has 4 rings (SSSR count). The molecular weight excluding hydrogens is 388 g/mol. The number of aryl methyl sites for hydroxylation is 2. The minimum absolute atomic E-state index is 0.102. The van der Waals surface area contributed by atoms with Crippen LogP contribution in [-0.2, 0) is 10.0 Å². The van der Waals surface area contributed by atoms with E-state index in [1.165, 1.54) is 15.6 Å². The second kappa shape index (κ2) is 6.81. The molecule has 1 amide bonds.